The molecule has 0 saturated carbocycles. The fourth-order valence-corrected chi connectivity index (χ4v) is 2.67. The van der Waals surface area contributed by atoms with Crippen molar-refractivity contribution in [2.75, 3.05) is 27.4 Å². The first-order valence-electron chi connectivity index (χ1n) is 8.94. The van der Waals surface area contributed by atoms with E-state index in [0.29, 0.717) is 23.1 Å². The number of aromatic nitrogens is 1. The Labute approximate surface area is 168 Å². The second-order valence-corrected chi connectivity index (χ2v) is 5.96. The lowest BCUT2D eigenvalue weighted by Gasteiger charge is -2.06. The van der Waals surface area contributed by atoms with Crippen LogP contribution in [-0.2, 0) is 11.3 Å². The topological polar surface area (TPSA) is 103 Å². The maximum Gasteiger partial charge on any atom is 0.407 e. The molecule has 8 nitrogen and oxygen atoms in total. The fourth-order valence-electron chi connectivity index (χ4n) is 2.67. The quantitative estimate of drug-likeness (QED) is 0.600. The number of alkyl carbamates (subject to hydrolysis) is 1. The first-order chi connectivity index (χ1) is 14.1. The first kappa shape index (κ1) is 20.2. The van der Waals surface area contributed by atoms with Crippen molar-refractivity contribution in [1.29, 1.82) is 0 Å². The fraction of sp³-hybridized carbons (Fsp3) is 0.238. The molecule has 2 N–H and O–H groups in total. The highest BCUT2D eigenvalue weighted by molar-refractivity contribution is 5.77. The maximum atomic E-state index is 11.4. The number of rotatable bonds is 8. The molecule has 0 unspecified atom stereocenters. The molecule has 0 spiro atoms. The zero-order valence-electron chi connectivity index (χ0n) is 16.2. The van der Waals surface area contributed by atoms with Gasteiger partial charge in [-0.25, -0.2) is 9.78 Å². The SMILES string of the molecule is COC(=O)NCc1nc(-c2ccc(OC)cc2)c(-c2ccc(OCCO)cc2)o1. The number of amides is 1. The minimum Gasteiger partial charge on any atom is -0.497 e. The number of ether oxygens (including phenoxy) is 3. The summed E-state index contributed by atoms with van der Waals surface area (Å²) in [7, 11) is 2.90. The summed E-state index contributed by atoms with van der Waals surface area (Å²) in [6.07, 6.45) is -0.568. The minimum atomic E-state index is -0.568. The number of carbonyl (C=O) groups excluding carboxylic acids is 1. The number of aliphatic hydroxyl groups is 1. The molecular weight excluding hydrogens is 376 g/mol. The second-order valence-electron chi connectivity index (χ2n) is 5.96. The van der Waals surface area contributed by atoms with E-state index in [9.17, 15) is 4.79 Å². The molecule has 1 aromatic heterocycles. The summed E-state index contributed by atoms with van der Waals surface area (Å²) >= 11 is 0. The molecule has 0 aliphatic heterocycles. The van der Waals surface area contributed by atoms with Gasteiger partial charge in [0.1, 0.15) is 23.8 Å². The van der Waals surface area contributed by atoms with Crippen molar-refractivity contribution in [3.05, 3.63) is 54.4 Å². The van der Waals surface area contributed by atoms with Crippen molar-refractivity contribution in [2.24, 2.45) is 0 Å². The largest absolute Gasteiger partial charge is 0.497 e. The Morgan fingerprint density at radius 3 is 2.31 bits per heavy atom. The highest BCUT2D eigenvalue weighted by Gasteiger charge is 2.18. The van der Waals surface area contributed by atoms with E-state index in [-0.39, 0.29) is 19.8 Å². The Bertz CT molecular complexity index is 935. The Balaban J connectivity index is 1.94. The summed E-state index contributed by atoms with van der Waals surface area (Å²) in [5.74, 6) is 2.28. The molecule has 0 radical (unpaired) electrons. The average molecular weight is 398 g/mol. The van der Waals surface area contributed by atoms with Crippen molar-refractivity contribution in [3.63, 3.8) is 0 Å². The summed E-state index contributed by atoms with van der Waals surface area (Å²) in [6.45, 7) is 0.262. The van der Waals surface area contributed by atoms with Crippen LogP contribution in [0.3, 0.4) is 0 Å². The van der Waals surface area contributed by atoms with Gasteiger partial charge in [0.25, 0.3) is 0 Å². The van der Waals surface area contributed by atoms with Gasteiger partial charge in [0.05, 0.1) is 27.4 Å². The van der Waals surface area contributed by atoms with Gasteiger partial charge in [-0.3, -0.25) is 0 Å². The number of hydrogen-bond donors (Lipinski definition) is 2. The predicted molar refractivity (Wildman–Crippen MR) is 106 cm³/mol. The van der Waals surface area contributed by atoms with Gasteiger partial charge >= 0.3 is 6.09 Å². The maximum absolute atomic E-state index is 11.4. The summed E-state index contributed by atoms with van der Waals surface area (Å²) in [5.41, 5.74) is 2.27. The Hall–Kier alpha value is -3.52. The molecular formula is C21H22N2O6. The number of aliphatic hydroxyl groups excluding tert-OH is 1. The summed E-state index contributed by atoms with van der Waals surface area (Å²) in [6, 6.07) is 14.7. The second kappa shape index (κ2) is 9.61. The van der Waals surface area contributed by atoms with Crippen LogP contribution < -0.4 is 14.8 Å². The molecule has 1 heterocycles. The van der Waals surface area contributed by atoms with Crippen molar-refractivity contribution in [2.45, 2.75) is 6.54 Å². The molecule has 3 aromatic rings. The lowest BCUT2D eigenvalue weighted by molar-refractivity contribution is 0.169. The van der Waals surface area contributed by atoms with Crippen LogP contribution in [0.1, 0.15) is 5.89 Å². The zero-order chi connectivity index (χ0) is 20.6. The van der Waals surface area contributed by atoms with Crippen LogP contribution in [0, 0.1) is 0 Å². The van der Waals surface area contributed by atoms with Gasteiger partial charge in [-0.15, -0.1) is 0 Å². The van der Waals surface area contributed by atoms with Crippen molar-refractivity contribution in [1.82, 2.24) is 10.3 Å². The third kappa shape index (κ3) is 5.05. The van der Waals surface area contributed by atoms with Crippen LogP contribution in [0.15, 0.2) is 52.9 Å². The van der Waals surface area contributed by atoms with E-state index in [1.54, 1.807) is 19.2 Å². The van der Waals surface area contributed by atoms with E-state index < -0.39 is 6.09 Å². The Morgan fingerprint density at radius 2 is 1.69 bits per heavy atom. The number of carbonyl (C=O) groups is 1. The number of nitrogens with zero attached hydrogens (tertiary/aromatic N) is 1. The molecule has 3 rings (SSSR count). The monoisotopic (exact) mass is 398 g/mol. The van der Waals surface area contributed by atoms with Gasteiger partial charge in [-0.05, 0) is 48.5 Å². The number of benzene rings is 2. The molecule has 2 aromatic carbocycles. The van der Waals surface area contributed by atoms with Crippen LogP contribution in [0.5, 0.6) is 11.5 Å². The van der Waals surface area contributed by atoms with Gasteiger partial charge in [-0.2, -0.15) is 0 Å². The van der Waals surface area contributed by atoms with E-state index >= 15 is 0 Å². The number of nitrogens with one attached hydrogen (secondary N) is 1. The first-order valence-corrected chi connectivity index (χ1v) is 8.94. The third-order valence-corrected chi connectivity index (χ3v) is 4.08. The Kier molecular flexibility index (Phi) is 6.70. The molecule has 1 amide bonds. The molecule has 0 atom stereocenters. The molecule has 152 valence electrons. The van der Waals surface area contributed by atoms with Crippen LogP contribution in [0.4, 0.5) is 4.79 Å². The van der Waals surface area contributed by atoms with Crippen molar-refractivity contribution in [3.8, 4) is 34.1 Å². The molecule has 8 heteroatoms. The third-order valence-electron chi connectivity index (χ3n) is 4.08. The lowest BCUT2D eigenvalue weighted by Crippen LogP contribution is -2.22. The molecule has 0 bridgehead atoms. The lowest BCUT2D eigenvalue weighted by atomic mass is 10.1. The van der Waals surface area contributed by atoms with Crippen LogP contribution >= 0.6 is 0 Å². The average Bonchev–Trinajstić information content (AvgIpc) is 3.20. The van der Waals surface area contributed by atoms with E-state index in [4.69, 9.17) is 19.0 Å². The van der Waals surface area contributed by atoms with E-state index in [1.165, 1.54) is 7.11 Å². The highest BCUT2D eigenvalue weighted by atomic mass is 16.5. The minimum absolute atomic E-state index is 0.0535. The van der Waals surface area contributed by atoms with Crippen LogP contribution in [0.25, 0.3) is 22.6 Å². The van der Waals surface area contributed by atoms with Crippen molar-refractivity contribution < 1.29 is 28.5 Å². The number of hydrogen-bond acceptors (Lipinski definition) is 7. The molecule has 0 aliphatic carbocycles. The van der Waals surface area contributed by atoms with E-state index in [2.05, 4.69) is 15.0 Å². The van der Waals surface area contributed by atoms with Crippen LogP contribution in [-0.4, -0.2) is 43.6 Å². The standard InChI is InChI=1S/C21H22N2O6/c1-26-16-7-3-14(4-8-16)19-20(29-18(23-19)13-22-21(25)27-2)15-5-9-17(10-6-15)28-12-11-24/h3-10,24H,11-13H2,1-2H3,(H,22,25). The van der Waals surface area contributed by atoms with Gasteiger partial charge < -0.3 is 29.1 Å². The summed E-state index contributed by atoms with van der Waals surface area (Å²) in [4.78, 5) is 15.9. The Morgan fingerprint density at radius 1 is 1.03 bits per heavy atom. The summed E-state index contributed by atoms with van der Waals surface area (Å²) in [5, 5.41) is 11.4. The van der Waals surface area contributed by atoms with Crippen molar-refractivity contribution >= 4 is 6.09 Å². The van der Waals surface area contributed by atoms with Crippen LogP contribution in [0.2, 0.25) is 0 Å². The zero-order valence-corrected chi connectivity index (χ0v) is 16.2. The van der Waals surface area contributed by atoms with E-state index in [1.807, 2.05) is 36.4 Å². The molecule has 0 saturated heterocycles. The smallest absolute Gasteiger partial charge is 0.407 e. The molecule has 0 fully saturated rings. The predicted octanol–water partition coefficient (Wildman–Crippen LogP) is 3.24. The number of methoxy groups -OCH3 is 2. The summed E-state index contributed by atoms with van der Waals surface area (Å²) < 4.78 is 21.1. The van der Waals surface area contributed by atoms with Gasteiger partial charge in [-0.1, -0.05) is 0 Å². The van der Waals surface area contributed by atoms with Gasteiger partial charge in [0.15, 0.2) is 5.76 Å². The highest BCUT2D eigenvalue weighted by Crippen LogP contribution is 2.34. The molecule has 29 heavy (non-hydrogen) atoms. The normalized spacial score (nSPS) is 10.4. The van der Waals surface area contributed by atoms with Gasteiger partial charge in [0.2, 0.25) is 5.89 Å². The van der Waals surface area contributed by atoms with E-state index in [0.717, 1.165) is 16.9 Å². The van der Waals surface area contributed by atoms with Gasteiger partial charge in [0, 0.05) is 11.1 Å². The number of oxazole rings is 1. The molecule has 0 aliphatic rings.